The lowest BCUT2D eigenvalue weighted by atomic mass is 10.2. The van der Waals surface area contributed by atoms with E-state index in [0.29, 0.717) is 16.9 Å². The normalized spacial score (nSPS) is 12.7. The number of aryl methyl sites for hydroxylation is 1. The second kappa shape index (κ2) is 6.88. The van der Waals surface area contributed by atoms with Gasteiger partial charge in [-0.25, -0.2) is 18.0 Å². The van der Waals surface area contributed by atoms with Gasteiger partial charge in [-0.3, -0.25) is 4.79 Å². The Morgan fingerprint density at radius 2 is 2.08 bits per heavy atom. The number of aromatic nitrogens is 5. The van der Waals surface area contributed by atoms with Gasteiger partial charge in [0.2, 0.25) is 0 Å². The van der Waals surface area contributed by atoms with Crippen molar-refractivity contribution in [2.75, 3.05) is 0 Å². The largest absolute Gasteiger partial charge is 0.308 e. The summed E-state index contributed by atoms with van der Waals surface area (Å²) >= 11 is 5.94. The van der Waals surface area contributed by atoms with E-state index in [9.17, 15) is 13.6 Å². The van der Waals surface area contributed by atoms with Crippen molar-refractivity contribution in [3.63, 3.8) is 0 Å². The first-order valence-corrected chi connectivity index (χ1v) is 8.18. The number of hydrogen-bond donors (Lipinski definition) is 0. The molecule has 3 aromatic heterocycles. The fourth-order valence-corrected chi connectivity index (χ4v) is 2.93. The summed E-state index contributed by atoms with van der Waals surface area (Å²) < 4.78 is 29.7. The Morgan fingerprint density at radius 3 is 2.69 bits per heavy atom. The molecule has 0 amide bonds. The van der Waals surface area contributed by atoms with Gasteiger partial charge in [0.15, 0.2) is 0 Å². The van der Waals surface area contributed by atoms with Crippen LogP contribution in [0.25, 0.3) is 5.52 Å². The average Bonchev–Trinajstić information content (AvgIpc) is 3.16. The lowest BCUT2D eigenvalue weighted by Gasteiger charge is -2.13. The highest BCUT2D eigenvalue weighted by molar-refractivity contribution is 6.29. The van der Waals surface area contributed by atoms with Crippen molar-refractivity contribution < 1.29 is 8.78 Å². The number of nitriles is 1. The fourth-order valence-electron chi connectivity index (χ4n) is 2.72. The van der Waals surface area contributed by atoms with Gasteiger partial charge in [0.25, 0.3) is 12.0 Å². The van der Waals surface area contributed by atoms with E-state index in [2.05, 4.69) is 10.2 Å². The summed E-state index contributed by atoms with van der Waals surface area (Å²) in [5.74, 6) is 0. The van der Waals surface area contributed by atoms with E-state index < -0.39 is 12.1 Å². The standard InChI is InChI=1S/C16H15ClF2N6O/c1-9(3-4-20)23-7-10(2)25-13(16(23)26)5-11(21-25)8-24-14(17)6-12(22-24)15(18)19/h5-7,9,15H,3,8H2,1-2H3. The Labute approximate surface area is 152 Å². The SMILES string of the molecule is Cc1cn(C(C)CC#N)c(=O)c2cc(Cn3nc(C(F)F)cc3Cl)nn12. The van der Waals surface area contributed by atoms with Gasteiger partial charge in [0.05, 0.1) is 30.4 Å². The molecule has 1 unspecified atom stereocenters. The predicted molar refractivity (Wildman–Crippen MR) is 90.4 cm³/mol. The van der Waals surface area contributed by atoms with Gasteiger partial charge in [-0.1, -0.05) is 11.6 Å². The molecule has 0 spiro atoms. The summed E-state index contributed by atoms with van der Waals surface area (Å²) in [6, 6.07) is 4.45. The second-order valence-corrected chi connectivity index (χ2v) is 6.36. The summed E-state index contributed by atoms with van der Waals surface area (Å²) in [5.41, 5.74) is 0.805. The molecular weight excluding hydrogens is 366 g/mol. The zero-order chi connectivity index (χ0) is 19.0. The van der Waals surface area contributed by atoms with Gasteiger partial charge < -0.3 is 4.57 Å². The van der Waals surface area contributed by atoms with Crippen LogP contribution in [0.5, 0.6) is 0 Å². The van der Waals surface area contributed by atoms with Crippen molar-refractivity contribution in [3.05, 3.63) is 50.9 Å². The van der Waals surface area contributed by atoms with Crippen molar-refractivity contribution in [3.8, 4) is 6.07 Å². The summed E-state index contributed by atoms with van der Waals surface area (Å²) in [4.78, 5) is 12.7. The van der Waals surface area contributed by atoms with Crippen molar-refractivity contribution in [2.24, 2.45) is 0 Å². The number of nitrogens with zero attached hydrogens (tertiary/aromatic N) is 6. The van der Waals surface area contributed by atoms with E-state index in [1.165, 1.54) is 13.8 Å². The maximum atomic E-state index is 12.7. The van der Waals surface area contributed by atoms with Crippen molar-refractivity contribution >= 4 is 17.1 Å². The number of hydrogen-bond acceptors (Lipinski definition) is 4. The van der Waals surface area contributed by atoms with Crippen LogP contribution in [0.15, 0.2) is 23.1 Å². The number of halogens is 3. The van der Waals surface area contributed by atoms with Crippen molar-refractivity contribution in [1.82, 2.24) is 24.0 Å². The molecule has 0 aromatic carbocycles. The molecule has 0 aliphatic heterocycles. The van der Waals surface area contributed by atoms with Crippen molar-refractivity contribution in [2.45, 2.75) is 39.3 Å². The number of fused-ring (bicyclic) bond motifs is 1. The van der Waals surface area contributed by atoms with Crippen LogP contribution in [-0.4, -0.2) is 24.0 Å². The van der Waals surface area contributed by atoms with Gasteiger partial charge in [-0.05, 0) is 19.9 Å². The summed E-state index contributed by atoms with van der Waals surface area (Å²) in [6.45, 7) is 3.63. The highest BCUT2D eigenvalue weighted by atomic mass is 35.5. The first-order valence-electron chi connectivity index (χ1n) is 7.80. The molecule has 0 fully saturated rings. The zero-order valence-electron chi connectivity index (χ0n) is 14.0. The third-order valence-corrected chi connectivity index (χ3v) is 4.32. The molecule has 136 valence electrons. The molecule has 3 heterocycles. The molecule has 0 aliphatic rings. The van der Waals surface area contributed by atoms with Crippen LogP contribution in [0, 0.1) is 18.3 Å². The van der Waals surface area contributed by atoms with Crippen LogP contribution < -0.4 is 5.56 Å². The molecule has 1 atom stereocenters. The maximum Gasteiger partial charge on any atom is 0.282 e. The molecule has 0 saturated carbocycles. The van der Waals surface area contributed by atoms with E-state index in [-0.39, 0.29) is 29.7 Å². The molecule has 26 heavy (non-hydrogen) atoms. The smallest absolute Gasteiger partial charge is 0.282 e. The van der Waals surface area contributed by atoms with Crippen LogP contribution in [0.1, 0.15) is 42.9 Å². The predicted octanol–water partition coefficient (Wildman–Crippen LogP) is 3.11. The van der Waals surface area contributed by atoms with E-state index in [1.54, 1.807) is 26.1 Å². The lowest BCUT2D eigenvalue weighted by molar-refractivity contribution is 0.145. The van der Waals surface area contributed by atoms with Crippen molar-refractivity contribution in [1.29, 1.82) is 5.26 Å². The molecule has 0 radical (unpaired) electrons. The Morgan fingerprint density at radius 1 is 1.35 bits per heavy atom. The van der Waals surface area contributed by atoms with Crippen LogP contribution in [0.4, 0.5) is 8.78 Å². The van der Waals surface area contributed by atoms with Gasteiger partial charge in [0, 0.05) is 18.3 Å². The molecule has 0 N–H and O–H groups in total. The minimum atomic E-state index is -2.72. The zero-order valence-corrected chi connectivity index (χ0v) is 14.8. The lowest BCUT2D eigenvalue weighted by Crippen LogP contribution is -2.25. The highest BCUT2D eigenvalue weighted by Crippen LogP contribution is 2.22. The first kappa shape index (κ1) is 18.1. The van der Waals surface area contributed by atoms with Gasteiger partial charge in [-0.2, -0.15) is 15.5 Å². The van der Waals surface area contributed by atoms with E-state index in [0.717, 1.165) is 6.07 Å². The van der Waals surface area contributed by atoms with Gasteiger partial charge in [-0.15, -0.1) is 0 Å². The maximum absolute atomic E-state index is 12.7. The minimum absolute atomic E-state index is 0.0554. The second-order valence-electron chi connectivity index (χ2n) is 5.98. The van der Waals surface area contributed by atoms with Crippen LogP contribution in [0.3, 0.4) is 0 Å². The van der Waals surface area contributed by atoms with Crippen LogP contribution in [0.2, 0.25) is 5.15 Å². The fraction of sp³-hybridized carbons (Fsp3) is 0.375. The summed E-state index contributed by atoms with van der Waals surface area (Å²) in [5, 5.41) is 17.0. The van der Waals surface area contributed by atoms with Crippen LogP contribution >= 0.6 is 11.6 Å². The van der Waals surface area contributed by atoms with Gasteiger partial charge in [0.1, 0.15) is 16.4 Å². The van der Waals surface area contributed by atoms with Gasteiger partial charge >= 0.3 is 0 Å². The minimum Gasteiger partial charge on any atom is -0.308 e. The molecular formula is C16H15ClF2N6O. The quantitative estimate of drug-likeness (QED) is 0.681. The van der Waals surface area contributed by atoms with E-state index in [4.69, 9.17) is 16.9 Å². The molecule has 0 saturated heterocycles. The molecule has 0 bridgehead atoms. The molecule has 10 heteroatoms. The Hall–Kier alpha value is -2.73. The molecule has 3 rings (SSSR count). The average molecular weight is 381 g/mol. The Kier molecular flexibility index (Phi) is 4.78. The van der Waals surface area contributed by atoms with Crippen LogP contribution in [-0.2, 0) is 6.54 Å². The molecule has 0 aliphatic carbocycles. The highest BCUT2D eigenvalue weighted by Gasteiger charge is 2.17. The molecule has 7 nitrogen and oxygen atoms in total. The summed E-state index contributed by atoms with van der Waals surface area (Å²) in [6.07, 6.45) is -0.870. The number of rotatable bonds is 5. The Balaban J connectivity index is 2.02. The first-order chi connectivity index (χ1) is 12.3. The number of alkyl halides is 2. The third-order valence-electron chi connectivity index (χ3n) is 4.02. The summed E-state index contributed by atoms with van der Waals surface area (Å²) in [7, 11) is 0. The molecule has 3 aromatic rings. The monoisotopic (exact) mass is 380 g/mol. The van der Waals surface area contributed by atoms with E-state index in [1.807, 2.05) is 6.07 Å². The third kappa shape index (κ3) is 3.20. The van der Waals surface area contributed by atoms with E-state index >= 15 is 0 Å². The topological polar surface area (TPSA) is 80.9 Å². The Bertz CT molecular complexity index is 1060.